The van der Waals surface area contributed by atoms with Crippen LogP contribution in [0.2, 0.25) is 0 Å². The number of aliphatic hydroxyl groups is 1. The number of benzene rings is 1. The predicted molar refractivity (Wildman–Crippen MR) is 154 cm³/mol. The molecule has 224 valence electrons. The number of carbonyl (C=O) groups excluding carboxylic acids is 2. The van der Waals surface area contributed by atoms with E-state index >= 15 is 0 Å². The molecule has 1 aromatic carbocycles. The molecule has 0 spiro atoms. The molecule has 0 saturated carbocycles. The van der Waals surface area contributed by atoms with E-state index < -0.39 is 29.8 Å². The lowest BCUT2D eigenvalue weighted by atomic mass is 9.95. The van der Waals surface area contributed by atoms with Gasteiger partial charge in [-0.05, 0) is 63.3 Å². The standard InChI is InChI=1S/C31H44N4O6/c1-31(2,3)34-29(37)27-18-24(40-20-23-9-13-32-14-10-23)11-15-35(27)19-28(36)26(17-22-7-5-4-6-8-22)33-30(38)41-25-12-16-39-21-25/h4-10,13-14,24-28,36H,11-12,15-21H2,1-3H3,(H,33,38)(H,34,37)/t24-,25-,26+,27+,28-/m1/s1. The van der Waals surface area contributed by atoms with Crippen molar-refractivity contribution in [3.05, 3.63) is 66.0 Å². The van der Waals surface area contributed by atoms with Crippen molar-refractivity contribution < 1.29 is 28.9 Å². The van der Waals surface area contributed by atoms with Crippen LogP contribution in [0, 0.1) is 0 Å². The molecule has 10 heteroatoms. The SMILES string of the molecule is CC(C)(C)NC(=O)[C@@H]1C[C@H](OCc2ccncc2)CCN1C[C@@H](O)[C@H](Cc1ccccc1)NC(=O)O[C@@H]1CCOC1. The maximum absolute atomic E-state index is 13.5. The van der Waals surface area contributed by atoms with E-state index in [1.165, 1.54) is 0 Å². The highest BCUT2D eigenvalue weighted by Crippen LogP contribution is 2.23. The van der Waals surface area contributed by atoms with Crippen molar-refractivity contribution in [2.24, 2.45) is 0 Å². The highest BCUT2D eigenvalue weighted by Gasteiger charge is 2.37. The third-order valence-corrected chi connectivity index (χ3v) is 7.35. The Hall–Kier alpha value is -3.05. The van der Waals surface area contributed by atoms with E-state index in [4.69, 9.17) is 14.2 Å². The largest absolute Gasteiger partial charge is 0.444 e. The van der Waals surface area contributed by atoms with Gasteiger partial charge in [0.2, 0.25) is 5.91 Å². The molecule has 41 heavy (non-hydrogen) atoms. The van der Waals surface area contributed by atoms with E-state index in [1.807, 2.05) is 68.1 Å². The smallest absolute Gasteiger partial charge is 0.407 e. The molecule has 2 aliphatic rings. The molecule has 3 heterocycles. The molecule has 2 saturated heterocycles. The zero-order chi connectivity index (χ0) is 29.2. The molecule has 2 amide bonds. The van der Waals surface area contributed by atoms with Gasteiger partial charge in [0.05, 0.1) is 44.1 Å². The Kier molecular flexibility index (Phi) is 11.1. The molecule has 5 atom stereocenters. The molecule has 0 unspecified atom stereocenters. The molecule has 3 N–H and O–H groups in total. The van der Waals surface area contributed by atoms with Crippen molar-refractivity contribution in [1.29, 1.82) is 0 Å². The quantitative estimate of drug-likeness (QED) is 0.378. The lowest BCUT2D eigenvalue weighted by Crippen LogP contribution is -2.59. The Morgan fingerprint density at radius 3 is 2.54 bits per heavy atom. The summed E-state index contributed by atoms with van der Waals surface area (Å²) in [6.45, 7) is 8.02. The van der Waals surface area contributed by atoms with Crippen LogP contribution in [0.15, 0.2) is 54.9 Å². The molecule has 2 fully saturated rings. The molecule has 0 bridgehead atoms. The number of amides is 2. The first-order valence-corrected chi connectivity index (χ1v) is 14.5. The van der Waals surface area contributed by atoms with Gasteiger partial charge in [-0.1, -0.05) is 30.3 Å². The third kappa shape index (κ3) is 10.1. The van der Waals surface area contributed by atoms with E-state index in [2.05, 4.69) is 15.6 Å². The number of piperidine rings is 1. The summed E-state index contributed by atoms with van der Waals surface area (Å²) in [5.74, 6) is -0.102. The lowest BCUT2D eigenvalue weighted by Gasteiger charge is -2.41. The van der Waals surface area contributed by atoms with Crippen LogP contribution in [0.25, 0.3) is 0 Å². The van der Waals surface area contributed by atoms with E-state index in [0.717, 1.165) is 17.5 Å². The number of nitrogens with one attached hydrogen (secondary N) is 2. The van der Waals surface area contributed by atoms with Gasteiger partial charge in [0.25, 0.3) is 0 Å². The fourth-order valence-electron chi connectivity index (χ4n) is 5.23. The maximum atomic E-state index is 13.5. The molecule has 10 nitrogen and oxygen atoms in total. The summed E-state index contributed by atoms with van der Waals surface area (Å²) >= 11 is 0. The summed E-state index contributed by atoms with van der Waals surface area (Å²) in [6.07, 6.45) is 3.85. The summed E-state index contributed by atoms with van der Waals surface area (Å²) in [5, 5.41) is 17.5. The Morgan fingerprint density at radius 1 is 1.10 bits per heavy atom. The zero-order valence-corrected chi connectivity index (χ0v) is 24.3. The molecule has 0 aliphatic carbocycles. The minimum atomic E-state index is -0.943. The van der Waals surface area contributed by atoms with Crippen LogP contribution < -0.4 is 10.6 Å². The zero-order valence-electron chi connectivity index (χ0n) is 24.3. The number of ether oxygens (including phenoxy) is 3. The molecular formula is C31H44N4O6. The van der Waals surface area contributed by atoms with Crippen LogP contribution in [0.1, 0.15) is 51.2 Å². The van der Waals surface area contributed by atoms with Crippen molar-refractivity contribution in [2.75, 3.05) is 26.3 Å². The van der Waals surface area contributed by atoms with E-state index in [1.54, 1.807) is 12.4 Å². The van der Waals surface area contributed by atoms with Gasteiger partial charge < -0.3 is 30.0 Å². The second-order valence-corrected chi connectivity index (χ2v) is 12.0. The van der Waals surface area contributed by atoms with E-state index in [0.29, 0.717) is 45.6 Å². The topological polar surface area (TPSA) is 122 Å². The Balaban J connectivity index is 1.44. The number of aromatic nitrogens is 1. The van der Waals surface area contributed by atoms with Crippen LogP contribution >= 0.6 is 0 Å². The van der Waals surface area contributed by atoms with Gasteiger partial charge in [0.1, 0.15) is 6.10 Å². The van der Waals surface area contributed by atoms with Gasteiger partial charge in [-0.3, -0.25) is 14.7 Å². The summed E-state index contributed by atoms with van der Waals surface area (Å²) in [7, 11) is 0. The van der Waals surface area contributed by atoms with Gasteiger partial charge in [0, 0.05) is 37.4 Å². The average molecular weight is 569 g/mol. The number of aliphatic hydroxyl groups excluding tert-OH is 1. The van der Waals surface area contributed by atoms with Crippen LogP contribution in [0.3, 0.4) is 0 Å². The number of pyridine rings is 1. The van der Waals surface area contributed by atoms with Crippen molar-refractivity contribution in [3.63, 3.8) is 0 Å². The summed E-state index contributed by atoms with van der Waals surface area (Å²) < 4.78 is 17.0. The Bertz CT molecular complexity index is 1090. The number of hydrogen-bond acceptors (Lipinski definition) is 8. The molecule has 1 aromatic heterocycles. The first-order chi connectivity index (χ1) is 19.7. The minimum Gasteiger partial charge on any atom is -0.444 e. The molecular weight excluding hydrogens is 524 g/mol. The second-order valence-electron chi connectivity index (χ2n) is 12.0. The highest BCUT2D eigenvalue weighted by atomic mass is 16.6. The number of hydrogen-bond donors (Lipinski definition) is 3. The minimum absolute atomic E-state index is 0.102. The van der Waals surface area contributed by atoms with Gasteiger partial charge in [-0.15, -0.1) is 0 Å². The lowest BCUT2D eigenvalue weighted by molar-refractivity contribution is -0.133. The third-order valence-electron chi connectivity index (χ3n) is 7.35. The van der Waals surface area contributed by atoms with Crippen molar-refractivity contribution in [3.8, 4) is 0 Å². The number of β-amino-alcohol motifs (C(OH)–C–C–N with tert-alkyl or cyclic N) is 1. The monoisotopic (exact) mass is 568 g/mol. The van der Waals surface area contributed by atoms with Crippen molar-refractivity contribution in [1.82, 2.24) is 20.5 Å². The number of nitrogens with zero attached hydrogens (tertiary/aromatic N) is 2. The second kappa shape index (κ2) is 14.7. The molecule has 0 radical (unpaired) electrons. The molecule has 4 rings (SSSR count). The van der Waals surface area contributed by atoms with Gasteiger partial charge in [-0.2, -0.15) is 0 Å². The fraction of sp³-hybridized carbons (Fsp3) is 0.581. The predicted octanol–water partition coefficient (Wildman–Crippen LogP) is 2.83. The average Bonchev–Trinajstić information content (AvgIpc) is 3.45. The number of rotatable bonds is 11. The number of carbonyl (C=O) groups is 2. The van der Waals surface area contributed by atoms with Crippen LogP contribution in [0.5, 0.6) is 0 Å². The molecule has 2 aliphatic heterocycles. The number of likely N-dealkylation sites (tertiary alicyclic amines) is 1. The van der Waals surface area contributed by atoms with Gasteiger partial charge in [-0.25, -0.2) is 4.79 Å². The van der Waals surface area contributed by atoms with Crippen LogP contribution in [-0.2, 0) is 32.0 Å². The van der Waals surface area contributed by atoms with Gasteiger partial charge in [0.15, 0.2) is 0 Å². The van der Waals surface area contributed by atoms with E-state index in [9.17, 15) is 14.7 Å². The van der Waals surface area contributed by atoms with Crippen LogP contribution in [0.4, 0.5) is 4.79 Å². The number of alkyl carbamates (subject to hydrolysis) is 1. The highest BCUT2D eigenvalue weighted by molar-refractivity contribution is 5.82. The normalized spacial score (nSPS) is 23.0. The van der Waals surface area contributed by atoms with Crippen molar-refractivity contribution in [2.45, 2.75) is 89.0 Å². The van der Waals surface area contributed by atoms with Gasteiger partial charge >= 0.3 is 6.09 Å². The van der Waals surface area contributed by atoms with E-state index in [-0.39, 0.29) is 24.7 Å². The first-order valence-electron chi connectivity index (χ1n) is 14.5. The Morgan fingerprint density at radius 2 is 1.85 bits per heavy atom. The summed E-state index contributed by atoms with van der Waals surface area (Å²) in [4.78, 5) is 32.3. The van der Waals surface area contributed by atoms with Crippen molar-refractivity contribution >= 4 is 12.0 Å². The maximum Gasteiger partial charge on any atom is 0.407 e. The first kappa shape index (κ1) is 30.9. The summed E-state index contributed by atoms with van der Waals surface area (Å²) in [5.41, 5.74) is 1.60. The summed E-state index contributed by atoms with van der Waals surface area (Å²) in [6, 6.07) is 12.4. The fourth-order valence-corrected chi connectivity index (χ4v) is 5.23. The molecule has 2 aromatic rings. The van der Waals surface area contributed by atoms with Crippen LogP contribution in [-0.4, -0.2) is 89.2 Å². The Labute approximate surface area is 242 Å².